The van der Waals surface area contributed by atoms with Crippen LogP contribution in [0.4, 0.5) is 10.1 Å². The van der Waals surface area contributed by atoms with Crippen molar-refractivity contribution < 1.29 is 14.0 Å². The van der Waals surface area contributed by atoms with Crippen molar-refractivity contribution in [3.05, 3.63) is 29.0 Å². The van der Waals surface area contributed by atoms with Crippen LogP contribution in [-0.2, 0) is 9.59 Å². The van der Waals surface area contributed by atoms with E-state index in [-0.39, 0.29) is 16.8 Å². The number of hydrogen-bond acceptors (Lipinski definition) is 2. The largest absolute Gasteiger partial charge is 0.343 e. The van der Waals surface area contributed by atoms with Crippen LogP contribution in [0.2, 0.25) is 5.02 Å². The van der Waals surface area contributed by atoms with Gasteiger partial charge in [0, 0.05) is 5.69 Å². The Morgan fingerprint density at radius 2 is 2.11 bits per heavy atom. The van der Waals surface area contributed by atoms with Gasteiger partial charge in [-0.05, 0) is 31.5 Å². The van der Waals surface area contributed by atoms with E-state index >= 15 is 0 Å². The molecule has 0 bridgehead atoms. The van der Waals surface area contributed by atoms with Gasteiger partial charge in [0.25, 0.3) is 0 Å². The minimum Gasteiger partial charge on any atom is -0.343 e. The smallest absolute Gasteiger partial charge is 0.250 e. The molecular weight excluding hydrogens is 271 g/mol. The van der Waals surface area contributed by atoms with Crippen molar-refractivity contribution in [3.63, 3.8) is 0 Å². The van der Waals surface area contributed by atoms with E-state index in [1.807, 2.05) is 0 Å². The first-order chi connectivity index (χ1) is 8.95. The van der Waals surface area contributed by atoms with E-state index < -0.39 is 17.9 Å². The minimum absolute atomic E-state index is 0.0150. The number of rotatable bonds is 2. The molecule has 1 fully saturated rings. The Labute approximate surface area is 115 Å². The normalized spacial score (nSPS) is 23.5. The second-order valence-electron chi connectivity index (χ2n) is 4.46. The molecule has 1 aliphatic heterocycles. The van der Waals surface area contributed by atoms with Crippen LogP contribution in [0.25, 0.3) is 0 Å². The van der Waals surface area contributed by atoms with Crippen LogP contribution in [0, 0.1) is 5.82 Å². The SMILES string of the molecule is CCC1C(=O)NC(C)C(=O)N1c1ccc(Cl)c(F)c1. The van der Waals surface area contributed by atoms with Gasteiger partial charge < -0.3 is 5.32 Å². The Balaban J connectivity index is 2.45. The van der Waals surface area contributed by atoms with E-state index in [9.17, 15) is 14.0 Å². The summed E-state index contributed by atoms with van der Waals surface area (Å²) in [5, 5.41) is 2.59. The van der Waals surface area contributed by atoms with Crippen molar-refractivity contribution in [2.24, 2.45) is 0 Å². The molecule has 1 saturated heterocycles. The van der Waals surface area contributed by atoms with E-state index in [0.29, 0.717) is 12.1 Å². The first kappa shape index (κ1) is 13.8. The summed E-state index contributed by atoms with van der Waals surface area (Å²) in [6.45, 7) is 3.40. The molecule has 2 rings (SSSR count). The standard InChI is InChI=1S/C13H14ClFN2O2/c1-3-11-12(18)16-7(2)13(19)17(11)8-4-5-9(14)10(15)6-8/h4-7,11H,3H2,1-2H3,(H,16,18). The molecule has 4 nitrogen and oxygen atoms in total. The Hall–Kier alpha value is -1.62. The number of nitrogens with zero attached hydrogens (tertiary/aromatic N) is 1. The van der Waals surface area contributed by atoms with Gasteiger partial charge in [0.1, 0.15) is 17.9 Å². The van der Waals surface area contributed by atoms with E-state index in [4.69, 9.17) is 11.6 Å². The van der Waals surface area contributed by atoms with Gasteiger partial charge in [0.05, 0.1) is 5.02 Å². The maximum Gasteiger partial charge on any atom is 0.250 e. The molecule has 1 aliphatic rings. The van der Waals surface area contributed by atoms with Gasteiger partial charge in [-0.15, -0.1) is 0 Å². The van der Waals surface area contributed by atoms with Crippen LogP contribution in [0.15, 0.2) is 18.2 Å². The molecule has 1 aromatic rings. The van der Waals surface area contributed by atoms with Crippen molar-refractivity contribution in [3.8, 4) is 0 Å². The molecule has 0 aromatic heterocycles. The summed E-state index contributed by atoms with van der Waals surface area (Å²) in [4.78, 5) is 25.4. The minimum atomic E-state index is -0.621. The number of anilines is 1. The fourth-order valence-corrected chi connectivity index (χ4v) is 2.28. The molecule has 0 aliphatic carbocycles. The van der Waals surface area contributed by atoms with Gasteiger partial charge >= 0.3 is 0 Å². The highest BCUT2D eigenvalue weighted by Gasteiger charge is 2.38. The maximum atomic E-state index is 13.5. The van der Waals surface area contributed by atoms with Crippen LogP contribution in [-0.4, -0.2) is 23.9 Å². The molecule has 1 N–H and O–H groups in total. The summed E-state index contributed by atoms with van der Waals surface area (Å²) in [7, 11) is 0. The summed E-state index contributed by atoms with van der Waals surface area (Å²) in [5.41, 5.74) is 0.348. The van der Waals surface area contributed by atoms with Gasteiger partial charge in [-0.1, -0.05) is 18.5 Å². The molecule has 0 radical (unpaired) electrons. The van der Waals surface area contributed by atoms with Gasteiger partial charge in [0.15, 0.2) is 0 Å². The molecule has 1 aromatic carbocycles. The predicted octanol–water partition coefficient (Wildman–Crippen LogP) is 2.11. The zero-order valence-electron chi connectivity index (χ0n) is 10.6. The maximum absolute atomic E-state index is 13.5. The molecule has 2 atom stereocenters. The lowest BCUT2D eigenvalue weighted by Crippen LogP contribution is -2.62. The van der Waals surface area contributed by atoms with E-state index in [2.05, 4.69) is 5.32 Å². The monoisotopic (exact) mass is 284 g/mol. The van der Waals surface area contributed by atoms with E-state index in [1.165, 1.54) is 23.1 Å². The highest BCUT2D eigenvalue weighted by Crippen LogP contribution is 2.26. The third-order valence-corrected chi connectivity index (χ3v) is 3.46. The van der Waals surface area contributed by atoms with Crippen molar-refractivity contribution in [2.45, 2.75) is 32.4 Å². The lowest BCUT2D eigenvalue weighted by Gasteiger charge is -2.37. The summed E-state index contributed by atoms with van der Waals surface area (Å²) in [5.74, 6) is -1.10. The van der Waals surface area contributed by atoms with Crippen LogP contribution >= 0.6 is 11.6 Å². The van der Waals surface area contributed by atoms with Crippen LogP contribution in [0.1, 0.15) is 20.3 Å². The van der Waals surface area contributed by atoms with Gasteiger partial charge in [-0.25, -0.2) is 4.39 Å². The molecular formula is C13H14ClFN2O2. The fraction of sp³-hybridized carbons (Fsp3) is 0.385. The summed E-state index contributed by atoms with van der Waals surface area (Å²) >= 11 is 5.63. The van der Waals surface area contributed by atoms with E-state index in [1.54, 1.807) is 13.8 Å². The van der Waals surface area contributed by atoms with Crippen molar-refractivity contribution in [2.75, 3.05) is 4.90 Å². The summed E-state index contributed by atoms with van der Waals surface area (Å²) in [6.07, 6.45) is 0.453. The third-order valence-electron chi connectivity index (χ3n) is 3.15. The molecule has 2 unspecified atom stereocenters. The molecule has 0 spiro atoms. The van der Waals surface area contributed by atoms with Gasteiger partial charge in [-0.2, -0.15) is 0 Å². The Kier molecular flexibility index (Phi) is 3.75. The molecule has 102 valence electrons. The van der Waals surface area contributed by atoms with Crippen LogP contribution in [0.5, 0.6) is 0 Å². The highest BCUT2D eigenvalue weighted by atomic mass is 35.5. The summed E-state index contributed by atoms with van der Waals surface area (Å²) < 4.78 is 13.5. The molecule has 19 heavy (non-hydrogen) atoms. The number of nitrogens with one attached hydrogen (secondary N) is 1. The third kappa shape index (κ3) is 2.42. The van der Waals surface area contributed by atoms with Gasteiger partial charge in [-0.3, -0.25) is 14.5 Å². The van der Waals surface area contributed by atoms with Crippen molar-refractivity contribution >= 4 is 29.1 Å². The number of amides is 2. The lowest BCUT2D eigenvalue weighted by molar-refractivity contribution is -0.133. The topological polar surface area (TPSA) is 49.4 Å². The second kappa shape index (κ2) is 5.17. The Bertz CT molecular complexity index is 535. The fourth-order valence-electron chi connectivity index (χ4n) is 2.16. The van der Waals surface area contributed by atoms with Crippen molar-refractivity contribution in [1.29, 1.82) is 0 Å². The molecule has 2 amide bonds. The number of hydrogen-bond donors (Lipinski definition) is 1. The highest BCUT2D eigenvalue weighted by molar-refractivity contribution is 6.30. The predicted molar refractivity (Wildman–Crippen MR) is 70.6 cm³/mol. The zero-order chi connectivity index (χ0) is 14.2. The lowest BCUT2D eigenvalue weighted by atomic mass is 10.0. The van der Waals surface area contributed by atoms with Crippen LogP contribution < -0.4 is 10.2 Å². The number of carbonyl (C=O) groups is 2. The average molecular weight is 285 g/mol. The zero-order valence-corrected chi connectivity index (χ0v) is 11.4. The number of benzene rings is 1. The number of piperazine rings is 1. The first-order valence-electron chi connectivity index (χ1n) is 6.04. The quantitative estimate of drug-likeness (QED) is 0.904. The number of carbonyl (C=O) groups excluding carboxylic acids is 2. The first-order valence-corrected chi connectivity index (χ1v) is 6.42. The van der Waals surface area contributed by atoms with Gasteiger partial charge in [0.2, 0.25) is 11.8 Å². The number of halogens is 2. The average Bonchev–Trinajstić information content (AvgIpc) is 2.37. The Morgan fingerprint density at radius 1 is 1.42 bits per heavy atom. The van der Waals surface area contributed by atoms with Crippen molar-refractivity contribution in [1.82, 2.24) is 5.32 Å². The molecule has 0 saturated carbocycles. The second-order valence-corrected chi connectivity index (χ2v) is 4.87. The molecule has 1 heterocycles. The van der Waals surface area contributed by atoms with Crippen LogP contribution in [0.3, 0.4) is 0 Å². The molecule has 6 heteroatoms. The van der Waals surface area contributed by atoms with E-state index in [0.717, 1.165) is 0 Å². The Morgan fingerprint density at radius 3 is 2.68 bits per heavy atom. The summed E-state index contributed by atoms with van der Waals surface area (Å²) in [6, 6.07) is 2.85.